The minimum Gasteiger partial charge on any atom is -0.354 e. The third-order valence-corrected chi connectivity index (χ3v) is 6.80. The monoisotopic (exact) mass is 364 g/mol. The fourth-order valence-electron chi connectivity index (χ4n) is 5.57. The summed E-state index contributed by atoms with van der Waals surface area (Å²) in [5.74, 6) is 0.505. The minimum atomic E-state index is -0.0330. The van der Waals surface area contributed by atoms with Crippen LogP contribution in [-0.4, -0.2) is 66.0 Å². The van der Waals surface area contributed by atoms with E-state index in [0.717, 1.165) is 51.4 Å². The first kappa shape index (κ1) is 17.0. The second-order valence-corrected chi connectivity index (χ2v) is 8.45. The molecule has 2 unspecified atom stereocenters. The molecule has 2 N–H and O–H groups in total. The van der Waals surface area contributed by atoms with Gasteiger partial charge in [0.2, 0.25) is 0 Å². The van der Waals surface area contributed by atoms with Gasteiger partial charge in [-0.3, -0.25) is 4.79 Å². The van der Waals surface area contributed by atoms with Crippen molar-refractivity contribution in [1.82, 2.24) is 20.1 Å². The van der Waals surface area contributed by atoms with Crippen LogP contribution in [0.4, 0.5) is 0 Å². The predicted molar refractivity (Wildman–Crippen MR) is 106 cm³/mol. The normalized spacial score (nSPS) is 34.4. The van der Waals surface area contributed by atoms with E-state index in [1.54, 1.807) is 0 Å². The number of nitrogens with zero attached hydrogens (tertiary/aromatic N) is 2. The molecule has 4 aliphatic heterocycles. The summed E-state index contributed by atoms with van der Waals surface area (Å²) in [6.45, 7) is 8.61. The number of carbonyl (C=O) groups excluding carboxylic acids is 1. The zero-order valence-corrected chi connectivity index (χ0v) is 15.9. The Morgan fingerprint density at radius 1 is 1.11 bits per heavy atom. The van der Waals surface area contributed by atoms with Crippen molar-refractivity contribution < 1.29 is 4.79 Å². The van der Waals surface area contributed by atoms with Gasteiger partial charge in [-0.25, -0.2) is 0 Å². The lowest BCUT2D eigenvalue weighted by Crippen LogP contribution is -2.70. The summed E-state index contributed by atoms with van der Waals surface area (Å²) in [5.41, 5.74) is 3.12. The first-order chi connectivity index (χ1) is 13.2. The predicted octanol–water partition coefficient (Wildman–Crippen LogP) is 1.87. The Balaban J connectivity index is 1.50. The van der Waals surface area contributed by atoms with Gasteiger partial charge in [0.25, 0.3) is 5.91 Å². The second-order valence-electron chi connectivity index (χ2n) is 8.45. The first-order valence-corrected chi connectivity index (χ1v) is 10.2. The molecule has 4 fully saturated rings. The summed E-state index contributed by atoms with van der Waals surface area (Å²) >= 11 is 0. The van der Waals surface area contributed by atoms with Crippen molar-refractivity contribution in [2.75, 3.05) is 39.3 Å². The van der Waals surface area contributed by atoms with Crippen molar-refractivity contribution in [1.29, 1.82) is 0 Å². The van der Waals surface area contributed by atoms with Crippen LogP contribution in [0, 0.1) is 5.92 Å². The molecule has 27 heavy (non-hydrogen) atoms. The number of aryl methyl sites for hydroxylation is 1. The van der Waals surface area contributed by atoms with E-state index in [-0.39, 0.29) is 17.4 Å². The van der Waals surface area contributed by atoms with E-state index < -0.39 is 0 Å². The number of rotatable bonds is 4. The van der Waals surface area contributed by atoms with Crippen LogP contribution in [0.5, 0.6) is 0 Å². The number of aromatic nitrogens is 1. The zero-order valence-electron chi connectivity index (χ0n) is 15.9. The number of nitrogens with one attached hydrogen (secondary N) is 2. The average molecular weight is 364 g/mol. The highest BCUT2D eigenvalue weighted by molar-refractivity contribution is 5.93. The summed E-state index contributed by atoms with van der Waals surface area (Å²) in [6.07, 6.45) is 0.914. The van der Waals surface area contributed by atoms with Crippen molar-refractivity contribution in [3.05, 3.63) is 59.4 Å². The molecule has 2 aromatic rings. The molecule has 142 valence electrons. The van der Waals surface area contributed by atoms with Crippen LogP contribution in [0.1, 0.15) is 28.7 Å². The van der Waals surface area contributed by atoms with Gasteiger partial charge in [-0.1, -0.05) is 37.3 Å². The van der Waals surface area contributed by atoms with E-state index in [9.17, 15) is 4.79 Å². The van der Waals surface area contributed by atoms with Gasteiger partial charge in [-0.15, -0.1) is 0 Å². The quantitative estimate of drug-likeness (QED) is 0.871. The number of hydrogen-bond donors (Lipinski definition) is 2. The Labute approximate surface area is 160 Å². The molecule has 1 aromatic carbocycles. The Bertz CT molecular complexity index is 814. The molecule has 0 saturated carbocycles. The lowest BCUT2D eigenvalue weighted by molar-refractivity contribution is 0.0179. The van der Waals surface area contributed by atoms with Gasteiger partial charge in [0, 0.05) is 62.3 Å². The molecular weight excluding hydrogens is 336 g/mol. The van der Waals surface area contributed by atoms with Crippen molar-refractivity contribution in [3.8, 4) is 0 Å². The van der Waals surface area contributed by atoms with Gasteiger partial charge in [-0.05, 0) is 24.1 Å². The summed E-state index contributed by atoms with van der Waals surface area (Å²) in [7, 11) is 0. The third-order valence-electron chi connectivity index (χ3n) is 6.80. The Morgan fingerprint density at radius 3 is 2.44 bits per heavy atom. The van der Waals surface area contributed by atoms with Crippen LogP contribution in [0.3, 0.4) is 0 Å². The molecule has 6 rings (SSSR count). The number of H-pyrrole nitrogens is 1. The van der Waals surface area contributed by atoms with Crippen LogP contribution >= 0.6 is 0 Å². The molecule has 1 aromatic heterocycles. The molecule has 5 heteroatoms. The topological polar surface area (TPSA) is 51.4 Å². The van der Waals surface area contributed by atoms with Crippen LogP contribution in [0.15, 0.2) is 42.5 Å². The number of carbonyl (C=O) groups is 1. The van der Waals surface area contributed by atoms with Crippen molar-refractivity contribution in [3.63, 3.8) is 0 Å². The van der Waals surface area contributed by atoms with Crippen molar-refractivity contribution in [2.45, 2.75) is 24.8 Å². The zero-order chi connectivity index (χ0) is 18.4. The molecule has 4 saturated heterocycles. The van der Waals surface area contributed by atoms with E-state index in [1.165, 1.54) is 5.56 Å². The van der Waals surface area contributed by atoms with E-state index in [4.69, 9.17) is 0 Å². The lowest BCUT2D eigenvalue weighted by Gasteiger charge is -2.55. The summed E-state index contributed by atoms with van der Waals surface area (Å²) in [6, 6.07) is 14.9. The number of hydrogen-bond acceptors (Lipinski definition) is 3. The molecule has 4 aliphatic rings. The highest BCUT2D eigenvalue weighted by Crippen LogP contribution is 2.43. The number of aromatic amines is 1. The van der Waals surface area contributed by atoms with Crippen LogP contribution in [-0.2, 0) is 11.8 Å². The van der Waals surface area contributed by atoms with Gasteiger partial charge in [0.05, 0.1) is 0 Å². The number of fused-ring (bicyclic) bond motifs is 1. The maximum Gasteiger partial charge on any atom is 0.267 e. The van der Waals surface area contributed by atoms with Crippen molar-refractivity contribution in [2.24, 2.45) is 5.92 Å². The summed E-state index contributed by atoms with van der Waals surface area (Å²) in [4.78, 5) is 21.5. The van der Waals surface area contributed by atoms with E-state index in [1.807, 2.05) is 12.1 Å². The first-order valence-electron chi connectivity index (χ1n) is 10.2. The highest BCUT2D eigenvalue weighted by Gasteiger charge is 2.55. The van der Waals surface area contributed by atoms with E-state index in [2.05, 4.69) is 57.4 Å². The lowest BCUT2D eigenvalue weighted by atomic mass is 9.64. The molecule has 1 amide bonds. The number of amides is 1. The molecule has 0 aliphatic carbocycles. The van der Waals surface area contributed by atoms with Gasteiger partial charge in [0.15, 0.2) is 0 Å². The Morgan fingerprint density at radius 2 is 1.81 bits per heavy atom. The van der Waals surface area contributed by atoms with Crippen LogP contribution < -0.4 is 5.32 Å². The smallest absolute Gasteiger partial charge is 0.267 e. The fourth-order valence-corrected chi connectivity index (χ4v) is 5.57. The van der Waals surface area contributed by atoms with Crippen molar-refractivity contribution >= 4 is 5.91 Å². The minimum absolute atomic E-state index is 0.0330. The van der Waals surface area contributed by atoms with Crippen LogP contribution in [0.25, 0.3) is 0 Å². The average Bonchev–Trinajstić information content (AvgIpc) is 3.04. The second kappa shape index (κ2) is 6.50. The van der Waals surface area contributed by atoms with Gasteiger partial charge < -0.3 is 20.1 Å². The Hall–Kier alpha value is -2.11. The molecule has 3 atom stereocenters. The number of piperidine rings is 2. The standard InChI is InChI=1S/C22H28N4O/c1-2-18-8-9-19(23-18)21(27)24-20-16-12-25-10-11-26(13-16)15-22(20,14-25)17-6-4-3-5-7-17/h3-9,16,20,23H,2,10-15H2,1H3,(H,24,27)/t16?,20-,22?/m0/s1. The SMILES string of the molecule is CCc1ccc(C(=O)N[C@H]2C3CN4CCN(C3)CC2(c2ccccc2)C4)[nH]1. The molecule has 5 nitrogen and oxygen atoms in total. The van der Waals surface area contributed by atoms with E-state index in [0.29, 0.717) is 11.6 Å². The maximum absolute atomic E-state index is 13.1. The largest absolute Gasteiger partial charge is 0.354 e. The van der Waals surface area contributed by atoms with Crippen LogP contribution in [0.2, 0.25) is 0 Å². The molecule has 5 heterocycles. The molecule has 0 spiro atoms. The molecule has 4 bridgehead atoms. The molecule has 0 radical (unpaired) electrons. The summed E-state index contributed by atoms with van der Waals surface area (Å²) < 4.78 is 0. The van der Waals surface area contributed by atoms with Gasteiger partial charge in [-0.2, -0.15) is 0 Å². The highest BCUT2D eigenvalue weighted by atomic mass is 16.2. The Kier molecular flexibility index (Phi) is 4.10. The van der Waals surface area contributed by atoms with E-state index >= 15 is 0 Å². The number of benzene rings is 1. The third kappa shape index (κ3) is 2.80. The maximum atomic E-state index is 13.1. The van der Waals surface area contributed by atoms with Gasteiger partial charge >= 0.3 is 0 Å². The van der Waals surface area contributed by atoms with Gasteiger partial charge in [0.1, 0.15) is 5.69 Å². The molecular formula is C22H28N4O. The summed E-state index contributed by atoms with van der Waals surface area (Å²) in [5, 5.41) is 3.46. The fraction of sp³-hybridized carbons (Fsp3) is 0.500.